The van der Waals surface area contributed by atoms with Crippen molar-refractivity contribution in [3.8, 4) is 0 Å². The molecule has 0 bridgehead atoms. The average molecular weight is 416 g/mol. The number of anilines is 1. The number of piperidine rings is 1. The Morgan fingerprint density at radius 2 is 2.00 bits per heavy atom. The summed E-state index contributed by atoms with van der Waals surface area (Å²) < 4.78 is 5.31. The van der Waals surface area contributed by atoms with Crippen LogP contribution in [0.3, 0.4) is 0 Å². The number of nitrogens with zero attached hydrogens (tertiary/aromatic N) is 2. The second-order valence-corrected chi connectivity index (χ2v) is 8.49. The van der Waals surface area contributed by atoms with Gasteiger partial charge in [0.25, 0.3) is 11.8 Å². The highest BCUT2D eigenvalue weighted by Crippen LogP contribution is 2.32. The number of nitrogens with one attached hydrogen (secondary N) is 2. The predicted octanol–water partition coefficient (Wildman–Crippen LogP) is 1.84. The van der Waals surface area contributed by atoms with Gasteiger partial charge in [-0.2, -0.15) is 0 Å². The second kappa shape index (κ2) is 8.33. The zero-order valence-corrected chi connectivity index (χ0v) is 17.8. The van der Waals surface area contributed by atoms with Crippen LogP contribution in [-0.2, 0) is 9.53 Å². The van der Waals surface area contributed by atoms with Crippen molar-refractivity contribution >= 4 is 29.5 Å². The van der Waals surface area contributed by atoms with E-state index < -0.39 is 29.6 Å². The zero-order valence-electron chi connectivity index (χ0n) is 17.8. The molecule has 1 atom stereocenters. The Morgan fingerprint density at radius 3 is 2.67 bits per heavy atom. The van der Waals surface area contributed by atoms with Crippen LogP contribution in [-0.4, -0.2) is 71.9 Å². The quantitative estimate of drug-likeness (QED) is 0.709. The highest BCUT2D eigenvalue weighted by atomic mass is 16.6. The molecule has 3 rings (SSSR count). The summed E-state index contributed by atoms with van der Waals surface area (Å²) in [7, 11) is 1.63. The third-order valence-corrected chi connectivity index (χ3v) is 4.98. The molecule has 2 aliphatic rings. The van der Waals surface area contributed by atoms with Gasteiger partial charge >= 0.3 is 6.09 Å². The largest absolute Gasteiger partial charge is 0.444 e. The number of imide groups is 1. The molecule has 2 N–H and O–H groups in total. The van der Waals surface area contributed by atoms with Gasteiger partial charge in [-0.25, -0.2) is 4.79 Å². The zero-order chi connectivity index (χ0) is 22.1. The average Bonchev–Trinajstić information content (AvgIpc) is 2.92. The summed E-state index contributed by atoms with van der Waals surface area (Å²) >= 11 is 0. The van der Waals surface area contributed by atoms with Gasteiger partial charge in [-0.15, -0.1) is 0 Å². The number of carbonyl (C=O) groups excluding carboxylic acids is 4. The third kappa shape index (κ3) is 4.39. The van der Waals surface area contributed by atoms with E-state index in [9.17, 15) is 19.2 Å². The molecule has 9 heteroatoms. The number of amides is 4. The van der Waals surface area contributed by atoms with Gasteiger partial charge in [0, 0.05) is 32.4 Å². The maximum atomic E-state index is 13.0. The number of hydrogen-bond donors (Lipinski definition) is 2. The van der Waals surface area contributed by atoms with Crippen molar-refractivity contribution in [2.75, 3.05) is 32.0 Å². The van der Waals surface area contributed by atoms with E-state index in [0.29, 0.717) is 38.2 Å². The van der Waals surface area contributed by atoms with Crippen molar-refractivity contribution in [2.24, 2.45) is 0 Å². The summed E-state index contributed by atoms with van der Waals surface area (Å²) in [4.78, 5) is 52.6. The van der Waals surface area contributed by atoms with Gasteiger partial charge < -0.3 is 20.3 Å². The first kappa shape index (κ1) is 21.6. The molecule has 1 aromatic carbocycles. The number of likely N-dealkylation sites (N-methyl/N-ethyl adjacent to an activating group) is 1. The molecule has 0 spiro atoms. The summed E-state index contributed by atoms with van der Waals surface area (Å²) in [6, 6.07) is 4.21. The van der Waals surface area contributed by atoms with E-state index in [4.69, 9.17) is 4.74 Å². The topological polar surface area (TPSA) is 108 Å². The maximum absolute atomic E-state index is 13.0. The molecular weight excluding hydrogens is 388 g/mol. The van der Waals surface area contributed by atoms with E-state index in [1.807, 2.05) is 0 Å². The Hall–Kier alpha value is -3.10. The van der Waals surface area contributed by atoms with Crippen LogP contribution in [0.25, 0.3) is 0 Å². The molecule has 1 aromatic rings. The normalized spacial score (nSPS) is 18.7. The van der Waals surface area contributed by atoms with Crippen molar-refractivity contribution in [1.82, 2.24) is 15.1 Å². The van der Waals surface area contributed by atoms with E-state index in [-0.39, 0.29) is 17.0 Å². The molecule has 0 saturated carbocycles. The van der Waals surface area contributed by atoms with Gasteiger partial charge in [-0.05, 0) is 45.7 Å². The molecule has 30 heavy (non-hydrogen) atoms. The van der Waals surface area contributed by atoms with E-state index in [0.717, 1.165) is 4.90 Å². The van der Waals surface area contributed by atoms with Crippen LogP contribution in [0, 0.1) is 0 Å². The molecule has 1 fully saturated rings. The summed E-state index contributed by atoms with van der Waals surface area (Å²) in [5.74, 6) is -1.23. The molecule has 0 aliphatic carbocycles. The molecule has 0 radical (unpaired) electrons. The smallest absolute Gasteiger partial charge is 0.410 e. The number of ether oxygens (including phenoxy) is 1. The Labute approximate surface area is 175 Å². The summed E-state index contributed by atoms with van der Waals surface area (Å²) in [5, 5.41) is 5.84. The fourth-order valence-electron chi connectivity index (χ4n) is 3.53. The van der Waals surface area contributed by atoms with Crippen LogP contribution in [0.4, 0.5) is 10.5 Å². The summed E-state index contributed by atoms with van der Waals surface area (Å²) in [6.07, 6.45) is 0.732. The summed E-state index contributed by atoms with van der Waals surface area (Å²) in [6.45, 7) is 6.64. The van der Waals surface area contributed by atoms with Gasteiger partial charge in [-0.3, -0.25) is 19.3 Å². The standard InChI is InChI=1S/C21H28N4O5/c1-21(2,3)30-20(29)24(4)12-11-22-14-8-5-7-13-16(14)19(28)25(18(13)27)15-9-6-10-23-17(15)26/h5,7-8,15,22H,6,9-12H2,1-4H3,(H,23,26). The molecule has 4 amide bonds. The Balaban J connectivity index is 1.69. The molecular formula is C21H28N4O5. The lowest BCUT2D eigenvalue weighted by atomic mass is 10.1. The van der Waals surface area contributed by atoms with Crippen molar-refractivity contribution < 1.29 is 23.9 Å². The minimum atomic E-state index is -0.780. The van der Waals surface area contributed by atoms with Crippen molar-refractivity contribution in [3.63, 3.8) is 0 Å². The molecule has 1 saturated heterocycles. The first-order valence-corrected chi connectivity index (χ1v) is 10.1. The van der Waals surface area contributed by atoms with Crippen LogP contribution < -0.4 is 10.6 Å². The monoisotopic (exact) mass is 416 g/mol. The minimum absolute atomic E-state index is 0.265. The van der Waals surface area contributed by atoms with Crippen LogP contribution >= 0.6 is 0 Å². The number of carbonyl (C=O) groups is 4. The van der Waals surface area contributed by atoms with Crippen molar-refractivity contribution in [2.45, 2.75) is 45.3 Å². The van der Waals surface area contributed by atoms with Crippen LogP contribution in [0.2, 0.25) is 0 Å². The van der Waals surface area contributed by atoms with E-state index in [1.54, 1.807) is 46.0 Å². The molecule has 162 valence electrons. The van der Waals surface area contributed by atoms with Crippen molar-refractivity contribution in [3.05, 3.63) is 29.3 Å². The van der Waals surface area contributed by atoms with Gasteiger partial charge in [-0.1, -0.05) is 6.07 Å². The van der Waals surface area contributed by atoms with E-state index in [1.165, 1.54) is 4.90 Å². The molecule has 9 nitrogen and oxygen atoms in total. The Morgan fingerprint density at radius 1 is 1.27 bits per heavy atom. The summed E-state index contributed by atoms with van der Waals surface area (Å²) in [5.41, 5.74) is 0.465. The SMILES string of the molecule is CN(CCNc1cccc2c1C(=O)N(C1CCCNC1=O)C2=O)C(=O)OC(C)(C)C. The molecule has 2 heterocycles. The lowest BCUT2D eigenvalue weighted by molar-refractivity contribution is -0.126. The first-order valence-electron chi connectivity index (χ1n) is 10.1. The van der Waals surface area contributed by atoms with Crippen LogP contribution in [0.15, 0.2) is 18.2 Å². The fraction of sp³-hybridized carbons (Fsp3) is 0.524. The number of fused-ring (bicyclic) bond motifs is 1. The van der Waals surface area contributed by atoms with Gasteiger partial charge in [0.05, 0.1) is 11.1 Å². The molecule has 2 aliphatic heterocycles. The lowest BCUT2D eigenvalue weighted by Crippen LogP contribution is -2.52. The highest BCUT2D eigenvalue weighted by molar-refractivity contribution is 6.25. The van der Waals surface area contributed by atoms with Crippen molar-refractivity contribution in [1.29, 1.82) is 0 Å². The maximum Gasteiger partial charge on any atom is 0.410 e. The number of rotatable bonds is 5. The molecule has 1 unspecified atom stereocenters. The first-order chi connectivity index (χ1) is 14.1. The number of benzene rings is 1. The van der Waals surface area contributed by atoms with E-state index >= 15 is 0 Å². The fourth-order valence-corrected chi connectivity index (χ4v) is 3.53. The van der Waals surface area contributed by atoms with E-state index in [2.05, 4.69) is 10.6 Å². The van der Waals surface area contributed by atoms with Crippen LogP contribution in [0.5, 0.6) is 0 Å². The van der Waals surface area contributed by atoms with Gasteiger partial charge in [0.2, 0.25) is 5.91 Å². The second-order valence-electron chi connectivity index (χ2n) is 8.49. The van der Waals surface area contributed by atoms with Gasteiger partial charge in [0.15, 0.2) is 0 Å². The van der Waals surface area contributed by atoms with Crippen LogP contribution in [0.1, 0.15) is 54.3 Å². The highest BCUT2D eigenvalue weighted by Gasteiger charge is 2.44. The minimum Gasteiger partial charge on any atom is -0.444 e. The third-order valence-electron chi connectivity index (χ3n) is 4.98. The van der Waals surface area contributed by atoms with Gasteiger partial charge in [0.1, 0.15) is 11.6 Å². The Kier molecular flexibility index (Phi) is 6.00. The molecule has 0 aromatic heterocycles. The Bertz CT molecular complexity index is 877. The number of hydrogen-bond acceptors (Lipinski definition) is 6. The lowest BCUT2D eigenvalue weighted by Gasteiger charge is -2.28. The predicted molar refractivity (Wildman–Crippen MR) is 110 cm³/mol.